The van der Waals surface area contributed by atoms with Gasteiger partial charge in [-0.15, -0.1) is 24.2 Å². The Hall–Kier alpha value is -0.710. The maximum atomic E-state index is 12.4. The molecule has 1 fully saturated rings. The van der Waals surface area contributed by atoms with E-state index in [-0.39, 0.29) is 18.3 Å². The largest absolute Gasteiger partial charge is 0.349 e. The van der Waals surface area contributed by atoms with Crippen LogP contribution in [0.3, 0.4) is 0 Å². The van der Waals surface area contributed by atoms with E-state index in [1.807, 2.05) is 24.3 Å². The first kappa shape index (κ1) is 17.3. The summed E-state index contributed by atoms with van der Waals surface area (Å²) < 4.78 is 0. The Kier molecular flexibility index (Phi) is 7.41. The van der Waals surface area contributed by atoms with Crippen molar-refractivity contribution < 1.29 is 4.79 Å². The van der Waals surface area contributed by atoms with Crippen LogP contribution in [0.5, 0.6) is 0 Å². The molecule has 112 valence electrons. The van der Waals surface area contributed by atoms with Gasteiger partial charge in [0, 0.05) is 16.2 Å². The number of amides is 1. The van der Waals surface area contributed by atoms with E-state index >= 15 is 0 Å². The fourth-order valence-corrected chi connectivity index (χ4v) is 3.19. The molecule has 1 saturated heterocycles. The second kappa shape index (κ2) is 8.55. The smallest absolute Gasteiger partial charge is 0.252 e. The summed E-state index contributed by atoms with van der Waals surface area (Å²) in [5.74, 6) is 0.0654. The maximum Gasteiger partial charge on any atom is 0.252 e. The summed E-state index contributed by atoms with van der Waals surface area (Å²) >= 11 is 1.74. The molecule has 2 N–H and O–H groups in total. The molecule has 0 unspecified atom stereocenters. The van der Waals surface area contributed by atoms with Crippen molar-refractivity contribution in [1.82, 2.24) is 10.6 Å². The lowest BCUT2D eigenvalue weighted by Gasteiger charge is -2.24. The average molecular weight is 315 g/mol. The van der Waals surface area contributed by atoms with E-state index in [2.05, 4.69) is 24.5 Å². The third kappa shape index (κ3) is 5.00. The first-order chi connectivity index (χ1) is 9.16. The van der Waals surface area contributed by atoms with Gasteiger partial charge in [-0.2, -0.15) is 0 Å². The minimum Gasteiger partial charge on any atom is -0.349 e. The van der Waals surface area contributed by atoms with Crippen LogP contribution < -0.4 is 10.6 Å². The molecule has 1 aliphatic heterocycles. The number of carbonyl (C=O) groups excluding carboxylic acids is 1. The number of piperidine rings is 1. The van der Waals surface area contributed by atoms with Crippen LogP contribution in [-0.4, -0.2) is 30.3 Å². The van der Waals surface area contributed by atoms with Gasteiger partial charge in [-0.3, -0.25) is 4.79 Å². The van der Waals surface area contributed by atoms with Crippen molar-refractivity contribution in [2.45, 2.75) is 42.9 Å². The lowest BCUT2D eigenvalue weighted by atomic mass is 10.1. The molecule has 0 aliphatic carbocycles. The molecule has 1 heterocycles. The van der Waals surface area contributed by atoms with Gasteiger partial charge in [-0.05, 0) is 38.1 Å². The maximum absolute atomic E-state index is 12.4. The van der Waals surface area contributed by atoms with E-state index in [0.717, 1.165) is 36.4 Å². The Balaban J connectivity index is 0.00000200. The number of hydrogen-bond acceptors (Lipinski definition) is 3. The highest BCUT2D eigenvalue weighted by Crippen LogP contribution is 2.26. The molecular formula is C15H23ClN2OS. The minimum atomic E-state index is 0. The highest BCUT2D eigenvalue weighted by atomic mass is 35.5. The molecule has 0 atom stereocenters. The van der Waals surface area contributed by atoms with Crippen molar-refractivity contribution >= 4 is 30.1 Å². The van der Waals surface area contributed by atoms with E-state index in [4.69, 9.17) is 0 Å². The molecule has 3 nitrogen and oxygen atoms in total. The van der Waals surface area contributed by atoms with Crippen LogP contribution in [0.4, 0.5) is 0 Å². The molecule has 2 rings (SSSR count). The van der Waals surface area contributed by atoms with E-state index in [1.165, 1.54) is 0 Å². The Morgan fingerprint density at radius 2 is 1.95 bits per heavy atom. The Bertz CT molecular complexity index is 434. The van der Waals surface area contributed by atoms with Crippen LogP contribution in [0, 0.1) is 0 Å². The van der Waals surface area contributed by atoms with Gasteiger partial charge in [0.15, 0.2) is 0 Å². The van der Waals surface area contributed by atoms with E-state index in [0.29, 0.717) is 11.3 Å². The molecule has 20 heavy (non-hydrogen) atoms. The topological polar surface area (TPSA) is 41.1 Å². The first-order valence-electron chi connectivity index (χ1n) is 6.94. The monoisotopic (exact) mass is 314 g/mol. The molecule has 1 aromatic carbocycles. The predicted molar refractivity (Wildman–Crippen MR) is 88.0 cm³/mol. The van der Waals surface area contributed by atoms with E-state index < -0.39 is 0 Å². The molecular weight excluding hydrogens is 292 g/mol. The van der Waals surface area contributed by atoms with Gasteiger partial charge in [0.1, 0.15) is 0 Å². The van der Waals surface area contributed by atoms with E-state index in [1.54, 1.807) is 11.8 Å². The van der Waals surface area contributed by atoms with Gasteiger partial charge in [-0.1, -0.05) is 26.0 Å². The van der Waals surface area contributed by atoms with Crippen LogP contribution in [0.15, 0.2) is 29.2 Å². The number of rotatable bonds is 4. The number of benzene rings is 1. The van der Waals surface area contributed by atoms with Crippen LogP contribution in [-0.2, 0) is 0 Å². The molecule has 1 aliphatic rings. The van der Waals surface area contributed by atoms with Crippen LogP contribution >= 0.6 is 24.2 Å². The Labute approximate surface area is 131 Å². The van der Waals surface area contributed by atoms with Gasteiger partial charge in [0.05, 0.1) is 5.56 Å². The van der Waals surface area contributed by atoms with Crippen LogP contribution in [0.25, 0.3) is 0 Å². The van der Waals surface area contributed by atoms with Gasteiger partial charge in [0.25, 0.3) is 5.91 Å². The summed E-state index contributed by atoms with van der Waals surface area (Å²) in [6.45, 7) is 6.28. The zero-order valence-corrected chi connectivity index (χ0v) is 13.7. The zero-order chi connectivity index (χ0) is 13.7. The average Bonchev–Trinajstić information content (AvgIpc) is 2.39. The quantitative estimate of drug-likeness (QED) is 0.839. The predicted octanol–water partition coefficient (Wildman–Crippen LogP) is 3.09. The van der Waals surface area contributed by atoms with Gasteiger partial charge in [0.2, 0.25) is 0 Å². The molecule has 1 aromatic rings. The van der Waals surface area contributed by atoms with Crippen molar-refractivity contribution in [1.29, 1.82) is 0 Å². The van der Waals surface area contributed by atoms with Crippen molar-refractivity contribution in [3.63, 3.8) is 0 Å². The normalized spacial score (nSPS) is 15.8. The second-order valence-electron chi connectivity index (χ2n) is 5.16. The molecule has 1 amide bonds. The highest BCUT2D eigenvalue weighted by Gasteiger charge is 2.18. The van der Waals surface area contributed by atoms with Crippen molar-refractivity contribution in [3.05, 3.63) is 29.8 Å². The molecule has 0 saturated carbocycles. The van der Waals surface area contributed by atoms with Crippen molar-refractivity contribution in [2.75, 3.05) is 13.1 Å². The molecule has 5 heteroatoms. The number of thioether (sulfide) groups is 1. The third-order valence-corrected chi connectivity index (χ3v) is 4.25. The van der Waals surface area contributed by atoms with E-state index in [9.17, 15) is 4.79 Å². The fraction of sp³-hybridized carbons (Fsp3) is 0.533. The third-order valence-electron chi connectivity index (χ3n) is 3.17. The number of carbonyl (C=O) groups is 1. The van der Waals surface area contributed by atoms with Gasteiger partial charge in [-0.25, -0.2) is 0 Å². The summed E-state index contributed by atoms with van der Waals surface area (Å²) in [4.78, 5) is 13.4. The van der Waals surface area contributed by atoms with Crippen molar-refractivity contribution in [3.8, 4) is 0 Å². The number of nitrogens with one attached hydrogen (secondary N) is 2. The summed E-state index contributed by atoms with van der Waals surface area (Å²) in [6.07, 6.45) is 2.04. The standard InChI is InChI=1S/C15H22N2OS.ClH/c1-11(2)19-14-6-4-3-5-13(14)15(18)17-12-7-9-16-10-8-12;/h3-6,11-12,16H,7-10H2,1-2H3,(H,17,18);1H. The molecule has 0 radical (unpaired) electrons. The highest BCUT2D eigenvalue weighted by molar-refractivity contribution is 8.00. The SMILES string of the molecule is CC(C)Sc1ccccc1C(=O)NC1CCNCC1.Cl. The molecule has 0 bridgehead atoms. The Morgan fingerprint density at radius 3 is 2.60 bits per heavy atom. The van der Waals surface area contributed by atoms with Gasteiger partial charge < -0.3 is 10.6 Å². The zero-order valence-electron chi connectivity index (χ0n) is 12.0. The first-order valence-corrected chi connectivity index (χ1v) is 7.82. The lowest BCUT2D eigenvalue weighted by Crippen LogP contribution is -2.42. The summed E-state index contributed by atoms with van der Waals surface area (Å²) in [5.41, 5.74) is 0.805. The number of hydrogen-bond donors (Lipinski definition) is 2. The van der Waals surface area contributed by atoms with Gasteiger partial charge >= 0.3 is 0 Å². The summed E-state index contributed by atoms with van der Waals surface area (Å²) in [5, 5.41) is 6.95. The molecule has 0 aromatic heterocycles. The summed E-state index contributed by atoms with van der Waals surface area (Å²) in [7, 11) is 0. The number of halogens is 1. The fourth-order valence-electron chi connectivity index (χ4n) is 2.24. The second-order valence-corrected chi connectivity index (χ2v) is 6.78. The molecule has 0 spiro atoms. The Morgan fingerprint density at radius 1 is 1.30 bits per heavy atom. The minimum absolute atomic E-state index is 0. The van der Waals surface area contributed by atoms with Crippen molar-refractivity contribution in [2.24, 2.45) is 0 Å². The summed E-state index contributed by atoms with van der Waals surface area (Å²) in [6, 6.07) is 8.18. The van der Waals surface area contributed by atoms with Crippen LogP contribution in [0.1, 0.15) is 37.0 Å². The lowest BCUT2D eigenvalue weighted by molar-refractivity contribution is 0.0926. The van der Waals surface area contributed by atoms with Crippen LogP contribution in [0.2, 0.25) is 0 Å².